The molecule has 19 heavy (non-hydrogen) atoms. The molecule has 0 aliphatic carbocycles. The first kappa shape index (κ1) is 16.3. The Labute approximate surface area is 117 Å². The lowest BCUT2D eigenvalue weighted by Gasteiger charge is -2.43. The van der Waals surface area contributed by atoms with Gasteiger partial charge in [-0.25, -0.2) is 4.79 Å². The Morgan fingerprint density at radius 2 is 1.79 bits per heavy atom. The second kappa shape index (κ2) is 5.70. The summed E-state index contributed by atoms with van der Waals surface area (Å²) in [5.74, 6) is 0. The van der Waals surface area contributed by atoms with Gasteiger partial charge in [0.2, 0.25) is 0 Å². The number of ether oxygens (including phenoxy) is 1. The Morgan fingerprint density at radius 1 is 1.21 bits per heavy atom. The lowest BCUT2D eigenvalue weighted by Crippen LogP contribution is -2.57. The number of piperidine rings is 1. The van der Waals surface area contributed by atoms with Crippen LogP contribution in [0.4, 0.5) is 4.79 Å². The molecule has 0 saturated carbocycles. The minimum Gasteiger partial charge on any atom is -0.444 e. The van der Waals surface area contributed by atoms with Crippen molar-refractivity contribution in [3.8, 4) is 0 Å². The van der Waals surface area contributed by atoms with Crippen molar-refractivity contribution < 1.29 is 9.53 Å². The van der Waals surface area contributed by atoms with Gasteiger partial charge in [-0.3, -0.25) is 0 Å². The summed E-state index contributed by atoms with van der Waals surface area (Å²) in [5, 5.41) is 0. The molecule has 0 aromatic carbocycles. The zero-order valence-corrected chi connectivity index (χ0v) is 13.3. The number of hydrogen-bond donors (Lipinski definition) is 1. The van der Waals surface area contributed by atoms with Gasteiger partial charge in [0, 0.05) is 12.6 Å². The van der Waals surface area contributed by atoms with Crippen molar-refractivity contribution in [3.05, 3.63) is 0 Å². The number of carbonyl (C=O) groups excluding carboxylic acids is 1. The van der Waals surface area contributed by atoms with Gasteiger partial charge >= 0.3 is 6.09 Å². The first-order valence-corrected chi connectivity index (χ1v) is 7.27. The first-order chi connectivity index (χ1) is 8.52. The molecule has 1 amide bonds. The molecule has 112 valence electrons. The summed E-state index contributed by atoms with van der Waals surface area (Å²) in [5.41, 5.74) is 5.90. The number of nitrogens with zero attached hydrogens (tertiary/aromatic N) is 1. The van der Waals surface area contributed by atoms with Crippen molar-refractivity contribution in [2.75, 3.05) is 6.54 Å². The molecule has 4 heteroatoms. The van der Waals surface area contributed by atoms with Crippen LogP contribution in [0, 0.1) is 5.41 Å². The summed E-state index contributed by atoms with van der Waals surface area (Å²) in [6.45, 7) is 12.8. The summed E-state index contributed by atoms with van der Waals surface area (Å²) in [6.07, 6.45) is 2.91. The highest BCUT2D eigenvalue weighted by Gasteiger charge is 2.38. The van der Waals surface area contributed by atoms with E-state index < -0.39 is 5.60 Å². The van der Waals surface area contributed by atoms with Gasteiger partial charge in [0.15, 0.2) is 0 Å². The minimum absolute atomic E-state index is 0.0116. The molecule has 1 aliphatic heterocycles. The average Bonchev–Trinajstić information content (AvgIpc) is 2.24. The molecule has 1 heterocycles. The summed E-state index contributed by atoms with van der Waals surface area (Å²) in [7, 11) is 0. The summed E-state index contributed by atoms with van der Waals surface area (Å²) < 4.78 is 5.50. The quantitative estimate of drug-likeness (QED) is 0.796. The first-order valence-electron chi connectivity index (χ1n) is 7.27. The Bertz CT molecular complexity index is 315. The molecule has 1 rings (SSSR count). The highest BCUT2D eigenvalue weighted by Crippen LogP contribution is 2.29. The van der Waals surface area contributed by atoms with E-state index in [9.17, 15) is 4.79 Å². The van der Waals surface area contributed by atoms with Crippen LogP contribution in [0.1, 0.15) is 60.8 Å². The van der Waals surface area contributed by atoms with E-state index in [1.807, 2.05) is 25.7 Å². The van der Waals surface area contributed by atoms with Crippen LogP contribution in [-0.2, 0) is 4.74 Å². The molecule has 4 nitrogen and oxygen atoms in total. The third kappa shape index (κ3) is 4.68. The third-order valence-corrected chi connectivity index (χ3v) is 3.59. The molecule has 0 aromatic rings. The van der Waals surface area contributed by atoms with Crippen LogP contribution in [0.5, 0.6) is 0 Å². The molecule has 2 unspecified atom stereocenters. The van der Waals surface area contributed by atoms with Crippen molar-refractivity contribution in [1.82, 2.24) is 4.90 Å². The number of hydrogen-bond acceptors (Lipinski definition) is 3. The molecule has 1 fully saturated rings. The second-order valence-corrected chi connectivity index (χ2v) is 7.63. The predicted molar refractivity (Wildman–Crippen MR) is 78.0 cm³/mol. The molecule has 0 radical (unpaired) electrons. The standard InChI is InChI=1S/C15H30N2O2/c1-14(2,3)12(16)11-9-7-8-10-17(11)13(18)19-15(4,5)6/h11-12H,7-10,16H2,1-6H3. The van der Waals surface area contributed by atoms with Crippen molar-refractivity contribution in [1.29, 1.82) is 0 Å². The summed E-state index contributed by atoms with van der Waals surface area (Å²) in [6, 6.07) is 0.0592. The third-order valence-electron chi connectivity index (χ3n) is 3.59. The smallest absolute Gasteiger partial charge is 0.410 e. The Hall–Kier alpha value is -0.770. The normalized spacial score (nSPS) is 23.1. The van der Waals surface area contributed by atoms with Gasteiger partial charge in [-0.1, -0.05) is 20.8 Å². The van der Waals surface area contributed by atoms with Crippen LogP contribution in [0.15, 0.2) is 0 Å². The van der Waals surface area contributed by atoms with E-state index in [2.05, 4.69) is 20.8 Å². The zero-order valence-electron chi connectivity index (χ0n) is 13.3. The van der Waals surface area contributed by atoms with E-state index in [1.54, 1.807) is 0 Å². The van der Waals surface area contributed by atoms with Crippen LogP contribution < -0.4 is 5.73 Å². The van der Waals surface area contributed by atoms with Gasteiger partial charge < -0.3 is 15.4 Å². The average molecular weight is 270 g/mol. The van der Waals surface area contributed by atoms with E-state index in [4.69, 9.17) is 10.5 Å². The van der Waals surface area contributed by atoms with Crippen LogP contribution in [0.3, 0.4) is 0 Å². The molecular formula is C15H30N2O2. The van der Waals surface area contributed by atoms with Crippen molar-refractivity contribution in [2.45, 2.75) is 78.5 Å². The van der Waals surface area contributed by atoms with Gasteiger partial charge in [-0.2, -0.15) is 0 Å². The monoisotopic (exact) mass is 270 g/mol. The van der Waals surface area contributed by atoms with Gasteiger partial charge in [-0.05, 0) is 45.4 Å². The maximum absolute atomic E-state index is 12.3. The SMILES string of the molecule is CC(C)(C)OC(=O)N1CCCCC1C(N)C(C)(C)C. The fourth-order valence-electron chi connectivity index (χ4n) is 2.46. The molecule has 0 spiro atoms. The van der Waals surface area contributed by atoms with Gasteiger partial charge in [0.1, 0.15) is 5.60 Å². The fourth-order valence-corrected chi connectivity index (χ4v) is 2.46. The van der Waals surface area contributed by atoms with Crippen molar-refractivity contribution in [3.63, 3.8) is 0 Å². The molecule has 0 bridgehead atoms. The lowest BCUT2D eigenvalue weighted by atomic mass is 9.79. The number of likely N-dealkylation sites (tertiary alicyclic amines) is 1. The lowest BCUT2D eigenvalue weighted by molar-refractivity contribution is 0.000814. The van der Waals surface area contributed by atoms with E-state index in [0.717, 1.165) is 25.8 Å². The number of carbonyl (C=O) groups is 1. The Morgan fingerprint density at radius 3 is 2.26 bits per heavy atom. The van der Waals surface area contributed by atoms with Crippen molar-refractivity contribution >= 4 is 6.09 Å². The van der Waals surface area contributed by atoms with E-state index in [1.165, 1.54) is 0 Å². The van der Waals surface area contributed by atoms with Gasteiger partial charge in [0.05, 0.1) is 6.04 Å². The number of nitrogens with two attached hydrogens (primary N) is 1. The molecular weight excluding hydrogens is 240 g/mol. The minimum atomic E-state index is -0.453. The second-order valence-electron chi connectivity index (χ2n) is 7.63. The largest absolute Gasteiger partial charge is 0.444 e. The topological polar surface area (TPSA) is 55.6 Å². The van der Waals surface area contributed by atoms with Gasteiger partial charge in [0.25, 0.3) is 0 Å². The number of amides is 1. The number of rotatable bonds is 1. The van der Waals surface area contributed by atoms with E-state index >= 15 is 0 Å². The molecule has 2 N–H and O–H groups in total. The summed E-state index contributed by atoms with van der Waals surface area (Å²) in [4.78, 5) is 14.1. The molecule has 1 saturated heterocycles. The maximum atomic E-state index is 12.3. The maximum Gasteiger partial charge on any atom is 0.410 e. The van der Waals surface area contributed by atoms with Gasteiger partial charge in [-0.15, -0.1) is 0 Å². The summed E-state index contributed by atoms with van der Waals surface area (Å²) >= 11 is 0. The van der Waals surface area contributed by atoms with E-state index in [-0.39, 0.29) is 23.6 Å². The fraction of sp³-hybridized carbons (Fsp3) is 0.933. The highest BCUT2D eigenvalue weighted by molar-refractivity contribution is 5.68. The van der Waals surface area contributed by atoms with Crippen LogP contribution >= 0.6 is 0 Å². The Balaban J connectivity index is 2.81. The predicted octanol–water partition coefficient (Wildman–Crippen LogP) is 3.15. The van der Waals surface area contributed by atoms with Crippen molar-refractivity contribution in [2.24, 2.45) is 11.1 Å². The van der Waals surface area contributed by atoms with Crippen LogP contribution in [-0.4, -0.2) is 35.2 Å². The molecule has 2 atom stereocenters. The highest BCUT2D eigenvalue weighted by atomic mass is 16.6. The Kier molecular flexibility index (Phi) is 4.88. The van der Waals surface area contributed by atoms with Crippen LogP contribution in [0.2, 0.25) is 0 Å². The molecule has 1 aliphatic rings. The van der Waals surface area contributed by atoms with Crippen LogP contribution in [0.25, 0.3) is 0 Å². The molecule has 0 aromatic heterocycles. The van der Waals surface area contributed by atoms with E-state index in [0.29, 0.717) is 0 Å². The zero-order chi connectivity index (χ0) is 14.8.